The summed E-state index contributed by atoms with van der Waals surface area (Å²) in [5.41, 5.74) is 2.13. The fraction of sp³-hybridized carbons (Fsp3) is 0.429. The molecule has 0 spiro atoms. The zero-order valence-corrected chi connectivity index (χ0v) is 10.4. The molecule has 4 nitrogen and oxygen atoms in total. The highest BCUT2D eigenvalue weighted by atomic mass is 16.5. The lowest BCUT2D eigenvalue weighted by molar-refractivity contribution is 0.0959. The van der Waals surface area contributed by atoms with Crippen molar-refractivity contribution in [2.24, 2.45) is 0 Å². The highest BCUT2D eigenvalue weighted by Gasteiger charge is 2.28. The Hall–Kier alpha value is -1.52. The number of hydrogen-bond acceptors (Lipinski definition) is 3. The Morgan fingerprint density at radius 3 is 3.00 bits per heavy atom. The zero-order valence-electron chi connectivity index (χ0n) is 10.4. The lowest BCUT2D eigenvalue weighted by Gasteiger charge is -2.30. The number of piperidine rings is 1. The van der Waals surface area contributed by atoms with Gasteiger partial charge in [0.2, 0.25) is 0 Å². The van der Waals surface area contributed by atoms with E-state index in [-0.39, 0.29) is 12.1 Å². The highest BCUT2D eigenvalue weighted by Crippen LogP contribution is 2.36. The number of fused-ring (bicyclic) bond motifs is 1. The van der Waals surface area contributed by atoms with Gasteiger partial charge in [-0.1, -0.05) is 0 Å². The van der Waals surface area contributed by atoms with Crippen molar-refractivity contribution in [3.8, 4) is 5.75 Å². The lowest BCUT2D eigenvalue weighted by Crippen LogP contribution is -2.37. The van der Waals surface area contributed by atoms with Crippen LogP contribution >= 0.6 is 0 Å². The third kappa shape index (κ3) is 1.78. The fourth-order valence-electron chi connectivity index (χ4n) is 2.80. The summed E-state index contributed by atoms with van der Waals surface area (Å²) in [5, 5.41) is 14.7. The van der Waals surface area contributed by atoms with E-state index in [9.17, 15) is 5.11 Å². The van der Waals surface area contributed by atoms with Crippen LogP contribution in [0.5, 0.6) is 5.75 Å². The Labute approximate surface area is 106 Å². The van der Waals surface area contributed by atoms with Crippen LogP contribution in [0.1, 0.15) is 24.4 Å². The number of aliphatic hydroxyl groups is 1. The molecule has 0 amide bonds. The van der Waals surface area contributed by atoms with Gasteiger partial charge in [-0.25, -0.2) is 0 Å². The Kier molecular flexibility index (Phi) is 2.97. The smallest absolute Gasteiger partial charge is 0.124 e. The number of rotatable bonds is 2. The molecular formula is C14H18N2O2. The number of hydrogen-bond donors (Lipinski definition) is 3. The predicted octanol–water partition coefficient (Wildman–Crippen LogP) is 1.96. The first-order valence-electron chi connectivity index (χ1n) is 6.36. The van der Waals surface area contributed by atoms with Gasteiger partial charge in [-0.2, -0.15) is 0 Å². The van der Waals surface area contributed by atoms with Gasteiger partial charge in [-0.3, -0.25) is 0 Å². The summed E-state index contributed by atoms with van der Waals surface area (Å²) in [6, 6.07) is 5.95. The van der Waals surface area contributed by atoms with Crippen LogP contribution in [0.25, 0.3) is 10.9 Å². The molecule has 0 radical (unpaired) electrons. The number of aromatic nitrogens is 1. The minimum atomic E-state index is -0.354. The first-order valence-corrected chi connectivity index (χ1v) is 6.36. The second kappa shape index (κ2) is 4.63. The van der Waals surface area contributed by atoms with Gasteiger partial charge in [0, 0.05) is 22.7 Å². The van der Waals surface area contributed by atoms with E-state index in [0.717, 1.165) is 41.6 Å². The molecule has 3 N–H and O–H groups in total. The number of aromatic amines is 1. The van der Waals surface area contributed by atoms with E-state index < -0.39 is 0 Å². The molecule has 1 aliphatic heterocycles. The van der Waals surface area contributed by atoms with Crippen molar-refractivity contribution in [1.82, 2.24) is 10.3 Å². The molecule has 18 heavy (non-hydrogen) atoms. The Morgan fingerprint density at radius 1 is 1.33 bits per heavy atom. The Morgan fingerprint density at radius 2 is 2.22 bits per heavy atom. The molecule has 3 rings (SSSR count). The molecule has 1 aromatic heterocycles. The van der Waals surface area contributed by atoms with Crippen LogP contribution in [0.15, 0.2) is 24.4 Å². The van der Waals surface area contributed by atoms with E-state index >= 15 is 0 Å². The number of methoxy groups -OCH3 is 1. The Bertz CT molecular complexity index is 550. The molecule has 2 aromatic rings. The SMILES string of the molecule is COc1ccc2[nH]ccc2c1C1NCCCC1O. The van der Waals surface area contributed by atoms with Gasteiger partial charge in [0.1, 0.15) is 5.75 Å². The van der Waals surface area contributed by atoms with Gasteiger partial charge in [0.15, 0.2) is 0 Å². The maximum absolute atomic E-state index is 10.2. The van der Waals surface area contributed by atoms with Crippen LogP contribution in [-0.4, -0.2) is 29.8 Å². The summed E-state index contributed by atoms with van der Waals surface area (Å²) in [7, 11) is 1.67. The van der Waals surface area contributed by atoms with Crippen molar-refractivity contribution in [2.45, 2.75) is 25.0 Å². The van der Waals surface area contributed by atoms with E-state index in [1.165, 1.54) is 0 Å². The van der Waals surface area contributed by atoms with Crippen LogP contribution < -0.4 is 10.1 Å². The second-order valence-corrected chi connectivity index (χ2v) is 4.76. The molecule has 0 aliphatic carbocycles. The van der Waals surface area contributed by atoms with E-state index in [2.05, 4.69) is 10.3 Å². The van der Waals surface area contributed by atoms with Gasteiger partial charge in [-0.15, -0.1) is 0 Å². The molecule has 2 atom stereocenters. The maximum Gasteiger partial charge on any atom is 0.124 e. The summed E-state index contributed by atoms with van der Waals surface area (Å²) in [6.45, 7) is 0.936. The van der Waals surface area contributed by atoms with E-state index in [1.54, 1.807) is 7.11 Å². The number of aliphatic hydroxyl groups excluding tert-OH is 1. The van der Waals surface area contributed by atoms with Crippen molar-refractivity contribution in [3.63, 3.8) is 0 Å². The summed E-state index contributed by atoms with van der Waals surface area (Å²) in [6.07, 6.45) is 3.42. The molecule has 1 fully saturated rings. The largest absolute Gasteiger partial charge is 0.496 e. The summed E-state index contributed by atoms with van der Waals surface area (Å²) >= 11 is 0. The van der Waals surface area contributed by atoms with Crippen molar-refractivity contribution in [3.05, 3.63) is 30.0 Å². The van der Waals surface area contributed by atoms with Crippen LogP contribution in [0, 0.1) is 0 Å². The third-order valence-electron chi connectivity index (χ3n) is 3.69. The molecule has 0 bridgehead atoms. The molecule has 96 valence electrons. The first kappa shape index (κ1) is 11.6. The van der Waals surface area contributed by atoms with Gasteiger partial charge in [0.05, 0.1) is 19.3 Å². The minimum absolute atomic E-state index is 0.0480. The number of benzene rings is 1. The van der Waals surface area contributed by atoms with Gasteiger partial charge in [-0.05, 0) is 37.6 Å². The van der Waals surface area contributed by atoms with E-state index in [0.29, 0.717) is 0 Å². The molecule has 0 saturated carbocycles. The van der Waals surface area contributed by atoms with Crippen molar-refractivity contribution >= 4 is 10.9 Å². The summed E-state index contributed by atoms with van der Waals surface area (Å²) in [4.78, 5) is 3.20. The number of nitrogens with one attached hydrogen (secondary N) is 2. The molecule has 1 saturated heterocycles. The fourth-order valence-corrected chi connectivity index (χ4v) is 2.80. The maximum atomic E-state index is 10.2. The van der Waals surface area contributed by atoms with Crippen molar-refractivity contribution < 1.29 is 9.84 Å². The average Bonchev–Trinajstić information content (AvgIpc) is 2.86. The highest BCUT2D eigenvalue weighted by molar-refractivity contribution is 5.86. The zero-order chi connectivity index (χ0) is 12.5. The molecule has 2 heterocycles. The van der Waals surface area contributed by atoms with E-state index in [4.69, 9.17) is 4.74 Å². The standard InChI is InChI=1S/C14H18N2O2/c1-18-12-5-4-10-9(6-8-15-10)13(12)14-11(17)3-2-7-16-14/h4-6,8,11,14-17H,2-3,7H2,1H3. The van der Waals surface area contributed by atoms with Crippen LogP contribution in [0.3, 0.4) is 0 Å². The van der Waals surface area contributed by atoms with E-state index in [1.807, 2.05) is 24.4 Å². The van der Waals surface area contributed by atoms with Crippen molar-refractivity contribution in [2.75, 3.05) is 13.7 Å². The quantitative estimate of drug-likeness (QED) is 0.759. The lowest BCUT2D eigenvalue weighted by atomic mass is 9.92. The van der Waals surface area contributed by atoms with Crippen molar-refractivity contribution in [1.29, 1.82) is 0 Å². The molecule has 1 aromatic carbocycles. The molecule has 1 aliphatic rings. The molecule has 4 heteroatoms. The molecule has 2 unspecified atom stereocenters. The summed E-state index contributed by atoms with van der Waals surface area (Å²) in [5.74, 6) is 0.834. The minimum Gasteiger partial charge on any atom is -0.496 e. The van der Waals surface area contributed by atoms with Gasteiger partial charge in [0.25, 0.3) is 0 Å². The average molecular weight is 246 g/mol. The molecular weight excluding hydrogens is 228 g/mol. The summed E-state index contributed by atoms with van der Waals surface area (Å²) < 4.78 is 5.46. The van der Waals surface area contributed by atoms with Crippen LogP contribution in [0.2, 0.25) is 0 Å². The van der Waals surface area contributed by atoms with Crippen LogP contribution in [0.4, 0.5) is 0 Å². The van der Waals surface area contributed by atoms with Crippen LogP contribution in [-0.2, 0) is 0 Å². The number of ether oxygens (including phenoxy) is 1. The first-order chi connectivity index (χ1) is 8.81. The normalized spacial score (nSPS) is 24.3. The number of H-pyrrole nitrogens is 1. The second-order valence-electron chi connectivity index (χ2n) is 4.76. The topological polar surface area (TPSA) is 57.3 Å². The Balaban J connectivity index is 2.15. The monoisotopic (exact) mass is 246 g/mol. The van der Waals surface area contributed by atoms with Gasteiger partial charge >= 0.3 is 0 Å². The van der Waals surface area contributed by atoms with Gasteiger partial charge < -0.3 is 20.1 Å². The third-order valence-corrected chi connectivity index (χ3v) is 3.69. The predicted molar refractivity (Wildman–Crippen MR) is 70.8 cm³/mol.